The minimum absolute atomic E-state index is 0.120. The Morgan fingerprint density at radius 2 is 1.90 bits per heavy atom. The highest BCUT2D eigenvalue weighted by Gasteiger charge is 2.17. The quantitative estimate of drug-likeness (QED) is 0.569. The fraction of sp³-hybridized carbons (Fsp3) is 0.176. The van der Waals surface area contributed by atoms with Crippen LogP contribution in [0.5, 0.6) is 0 Å². The third kappa shape index (κ3) is 2.63. The first-order valence-electron chi connectivity index (χ1n) is 7.08. The smallest absolute Gasteiger partial charge is 0.0884 e. The van der Waals surface area contributed by atoms with E-state index in [1.165, 1.54) is 5.56 Å². The molecule has 0 aliphatic carbocycles. The van der Waals surface area contributed by atoms with Gasteiger partial charge >= 0.3 is 0 Å². The monoisotopic (exact) mass is 278 g/mol. The average molecular weight is 278 g/mol. The first-order valence-corrected chi connectivity index (χ1v) is 7.08. The predicted octanol–water partition coefficient (Wildman–Crippen LogP) is 2.74. The summed E-state index contributed by atoms with van der Waals surface area (Å²) in [5.41, 5.74) is 7.14. The van der Waals surface area contributed by atoms with Gasteiger partial charge in [-0.05, 0) is 41.8 Å². The van der Waals surface area contributed by atoms with E-state index in [-0.39, 0.29) is 6.04 Å². The van der Waals surface area contributed by atoms with E-state index < -0.39 is 0 Å². The third-order valence-electron chi connectivity index (χ3n) is 3.71. The van der Waals surface area contributed by atoms with E-state index in [4.69, 9.17) is 5.84 Å². The maximum Gasteiger partial charge on any atom is 0.0884 e. The van der Waals surface area contributed by atoms with Gasteiger partial charge in [-0.3, -0.25) is 15.8 Å². The molecule has 0 aliphatic heterocycles. The molecule has 0 spiro atoms. The van der Waals surface area contributed by atoms with E-state index in [9.17, 15) is 0 Å². The van der Waals surface area contributed by atoms with Gasteiger partial charge in [0.1, 0.15) is 0 Å². The molecule has 1 aromatic carbocycles. The molecule has 21 heavy (non-hydrogen) atoms. The topological polar surface area (TPSA) is 63.8 Å². The van der Waals surface area contributed by atoms with Crippen LogP contribution in [-0.2, 0) is 6.42 Å². The van der Waals surface area contributed by atoms with Crippen LogP contribution in [0.25, 0.3) is 10.9 Å². The van der Waals surface area contributed by atoms with E-state index in [1.54, 1.807) is 12.4 Å². The summed E-state index contributed by atoms with van der Waals surface area (Å²) in [6.45, 7) is 2.12. The highest BCUT2D eigenvalue weighted by molar-refractivity contribution is 5.79. The number of rotatable bonds is 4. The molecule has 0 amide bonds. The van der Waals surface area contributed by atoms with Gasteiger partial charge in [0.2, 0.25) is 0 Å². The van der Waals surface area contributed by atoms with E-state index in [0.717, 1.165) is 28.6 Å². The van der Waals surface area contributed by atoms with E-state index in [0.29, 0.717) is 0 Å². The Morgan fingerprint density at radius 3 is 2.71 bits per heavy atom. The molecule has 0 saturated heterocycles. The van der Waals surface area contributed by atoms with Gasteiger partial charge in [0, 0.05) is 17.8 Å². The summed E-state index contributed by atoms with van der Waals surface area (Å²) in [6, 6.07) is 14.1. The molecule has 0 fully saturated rings. The number of fused-ring (bicyclic) bond motifs is 1. The van der Waals surface area contributed by atoms with Gasteiger partial charge < -0.3 is 0 Å². The molecule has 0 saturated carbocycles. The maximum absolute atomic E-state index is 5.80. The minimum Gasteiger partial charge on any atom is -0.271 e. The molecule has 3 aromatic rings. The Bertz CT molecular complexity index is 754. The predicted molar refractivity (Wildman–Crippen MR) is 84.5 cm³/mol. The van der Waals surface area contributed by atoms with Crippen molar-refractivity contribution in [2.75, 3.05) is 0 Å². The summed E-state index contributed by atoms with van der Waals surface area (Å²) >= 11 is 0. The van der Waals surface area contributed by atoms with Crippen molar-refractivity contribution in [3.05, 3.63) is 71.7 Å². The van der Waals surface area contributed by atoms with Crippen molar-refractivity contribution >= 4 is 10.9 Å². The molecule has 3 N–H and O–H groups in total. The molecular formula is C17H18N4. The Hall–Kier alpha value is -2.30. The van der Waals surface area contributed by atoms with Gasteiger partial charge in [-0.15, -0.1) is 0 Å². The molecule has 4 nitrogen and oxygen atoms in total. The lowest BCUT2D eigenvalue weighted by atomic mass is 9.97. The van der Waals surface area contributed by atoms with Crippen LogP contribution >= 0.6 is 0 Å². The zero-order valence-corrected chi connectivity index (χ0v) is 12.0. The SMILES string of the molecule is CCc1cccnc1C(NN)c1ccc2ncccc2c1. The number of aryl methyl sites for hydroxylation is 1. The summed E-state index contributed by atoms with van der Waals surface area (Å²) in [6.07, 6.45) is 4.53. The summed E-state index contributed by atoms with van der Waals surface area (Å²) in [5.74, 6) is 5.80. The Kier molecular flexibility index (Phi) is 3.90. The standard InChI is InChI=1S/C17H18N4/c1-2-12-5-3-10-20-16(12)17(21-18)14-7-8-15-13(11-14)6-4-9-19-15/h3-11,17,21H,2,18H2,1H3. The number of pyridine rings is 2. The summed E-state index contributed by atoms with van der Waals surface area (Å²) < 4.78 is 0. The minimum atomic E-state index is -0.120. The van der Waals surface area contributed by atoms with Crippen molar-refractivity contribution < 1.29 is 0 Å². The summed E-state index contributed by atoms with van der Waals surface area (Å²) in [4.78, 5) is 8.87. The van der Waals surface area contributed by atoms with Crippen molar-refractivity contribution in [3.63, 3.8) is 0 Å². The molecule has 4 heteroatoms. The molecular weight excluding hydrogens is 260 g/mol. The molecule has 1 unspecified atom stereocenters. The number of nitrogens with one attached hydrogen (secondary N) is 1. The van der Waals surface area contributed by atoms with Gasteiger partial charge in [0.15, 0.2) is 0 Å². The van der Waals surface area contributed by atoms with Gasteiger partial charge in [-0.2, -0.15) is 0 Å². The first kappa shape index (κ1) is 13.7. The van der Waals surface area contributed by atoms with Crippen LogP contribution in [0.3, 0.4) is 0 Å². The first-order chi connectivity index (χ1) is 10.3. The van der Waals surface area contributed by atoms with Crippen molar-refractivity contribution in [1.82, 2.24) is 15.4 Å². The molecule has 1 atom stereocenters. The second-order valence-corrected chi connectivity index (χ2v) is 4.96. The molecule has 0 bridgehead atoms. The number of nitrogens with zero attached hydrogens (tertiary/aromatic N) is 2. The summed E-state index contributed by atoms with van der Waals surface area (Å²) in [5, 5.41) is 1.10. The van der Waals surface area contributed by atoms with Crippen molar-refractivity contribution in [1.29, 1.82) is 0 Å². The number of aromatic nitrogens is 2. The van der Waals surface area contributed by atoms with Crippen LogP contribution in [0.1, 0.15) is 29.8 Å². The second-order valence-electron chi connectivity index (χ2n) is 4.96. The summed E-state index contributed by atoms with van der Waals surface area (Å²) in [7, 11) is 0. The van der Waals surface area contributed by atoms with Crippen molar-refractivity contribution in [3.8, 4) is 0 Å². The van der Waals surface area contributed by atoms with Crippen LogP contribution in [0.4, 0.5) is 0 Å². The second kappa shape index (κ2) is 5.99. The lowest BCUT2D eigenvalue weighted by molar-refractivity contribution is 0.615. The molecule has 2 aromatic heterocycles. The maximum atomic E-state index is 5.80. The zero-order chi connectivity index (χ0) is 14.7. The Balaban J connectivity index is 2.09. The molecule has 106 valence electrons. The van der Waals surface area contributed by atoms with Crippen molar-refractivity contribution in [2.24, 2.45) is 5.84 Å². The van der Waals surface area contributed by atoms with E-state index in [2.05, 4.69) is 40.5 Å². The lowest BCUT2D eigenvalue weighted by Crippen LogP contribution is -2.30. The average Bonchev–Trinajstić information content (AvgIpc) is 2.56. The van der Waals surface area contributed by atoms with Gasteiger partial charge in [-0.1, -0.05) is 25.1 Å². The third-order valence-corrected chi connectivity index (χ3v) is 3.71. The van der Waals surface area contributed by atoms with E-state index >= 15 is 0 Å². The lowest BCUT2D eigenvalue weighted by Gasteiger charge is -2.19. The van der Waals surface area contributed by atoms with Crippen LogP contribution in [-0.4, -0.2) is 9.97 Å². The molecule has 2 heterocycles. The van der Waals surface area contributed by atoms with Crippen LogP contribution in [0.15, 0.2) is 54.9 Å². The Labute approximate surface area is 124 Å². The number of benzene rings is 1. The van der Waals surface area contributed by atoms with Crippen molar-refractivity contribution in [2.45, 2.75) is 19.4 Å². The van der Waals surface area contributed by atoms with Gasteiger partial charge in [0.05, 0.1) is 17.3 Å². The fourth-order valence-corrected chi connectivity index (χ4v) is 2.62. The normalized spacial score (nSPS) is 12.5. The van der Waals surface area contributed by atoms with Crippen LogP contribution in [0, 0.1) is 0 Å². The molecule has 0 radical (unpaired) electrons. The Morgan fingerprint density at radius 1 is 1.10 bits per heavy atom. The number of hydrogen-bond acceptors (Lipinski definition) is 4. The fourth-order valence-electron chi connectivity index (χ4n) is 2.62. The van der Waals surface area contributed by atoms with E-state index in [1.807, 2.05) is 24.3 Å². The largest absolute Gasteiger partial charge is 0.271 e. The highest BCUT2D eigenvalue weighted by atomic mass is 15.2. The van der Waals surface area contributed by atoms with Crippen LogP contribution in [0.2, 0.25) is 0 Å². The number of hydrogen-bond donors (Lipinski definition) is 2. The van der Waals surface area contributed by atoms with Gasteiger partial charge in [-0.25, -0.2) is 5.43 Å². The number of hydrazine groups is 1. The van der Waals surface area contributed by atoms with Gasteiger partial charge in [0.25, 0.3) is 0 Å². The molecule has 3 rings (SSSR count). The number of nitrogens with two attached hydrogens (primary N) is 1. The highest BCUT2D eigenvalue weighted by Crippen LogP contribution is 2.25. The van der Waals surface area contributed by atoms with Crippen LogP contribution < -0.4 is 11.3 Å². The zero-order valence-electron chi connectivity index (χ0n) is 12.0. The molecule has 0 aliphatic rings.